The van der Waals surface area contributed by atoms with Crippen molar-refractivity contribution >= 4 is 10.9 Å². The van der Waals surface area contributed by atoms with E-state index >= 15 is 0 Å². The van der Waals surface area contributed by atoms with E-state index in [1.807, 2.05) is 36.5 Å². The molecule has 0 saturated heterocycles. The third kappa shape index (κ3) is 4.12. The topological polar surface area (TPSA) is 67.6 Å². The Morgan fingerprint density at radius 2 is 1.71 bits per heavy atom. The first-order valence-corrected chi connectivity index (χ1v) is 10.7. The normalized spacial score (nSPS) is 11.3. The van der Waals surface area contributed by atoms with Gasteiger partial charge in [0.05, 0.1) is 12.1 Å². The number of unbranched alkanes of at least 4 members (excludes halogenated alkanes) is 1. The molecule has 0 aliphatic rings. The fraction of sp³-hybridized carbons (Fsp3) is 0.192. The number of H-pyrrole nitrogens is 1. The molecular formula is C26H24N4O. The van der Waals surface area contributed by atoms with Gasteiger partial charge in [-0.3, -0.25) is 0 Å². The van der Waals surface area contributed by atoms with Crippen molar-refractivity contribution in [1.82, 2.24) is 20.1 Å². The van der Waals surface area contributed by atoms with E-state index in [9.17, 15) is 0 Å². The van der Waals surface area contributed by atoms with Gasteiger partial charge in [-0.05, 0) is 42.2 Å². The van der Waals surface area contributed by atoms with Crippen LogP contribution in [-0.4, -0.2) is 20.1 Å². The van der Waals surface area contributed by atoms with E-state index in [1.165, 1.54) is 23.8 Å². The zero-order chi connectivity index (χ0) is 21.0. The molecule has 0 amide bonds. The van der Waals surface area contributed by atoms with Gasteiger partial charge in [0.25, 0.3) is 0 Å². The molecule has 0 unspecified atom stereocenters. The molecule has 0 fully saturated rings. The van der Waals surface area contributed by atoms with E-state index in [2.05, 4.69) is 58.4 Å². The van der Waals surface area contributed by atoms with E-state index in [0.29, 0.717) is 23.8 Å². The van der Waals surface area contributed by atoms with Gasteiger partial charge in [0.2, 0.25) is 11.7 Å². The van der Waals surface area contributed by atoms with Crippen LogP contribution in [0.1, 0.15) is 36.8 Å². The minimum atomic E-state index is 0.510. The monoisotopic (exact) mass is 408 g/mol. The smallest absolute Gasteiger partial charge is 0.231 e. The van der Waals surface area contributed by atoms with Gasteiger partial charge >= 0.3 is 0 Å². The van der Waals surface area contributed by atoms with Crippen LogP contribution in [0.5, 0.6) is 0 Å². The number of para-hydroxylation sites is 1. The Morgan fingerprint density at radius 1 is 0.871 bits per heavy atom. The number of fused-ring (bicyclic) bond motifs is 1. The highest BCUT2D eigenvalue weighted by atomic mass is 16.5. The fourth-order valence-electron chi connectivity index (χ4n) is 3.81. The Morgan fingerprint density at radius 3 is 2.58 bits per heavy atom. The zero-order valence-corrected chi connectivity index (χ0v) is 17.5. The first kappa shape index (κ1) is 19.2. The highest BCUT2D eigenvalue weighted by Gasteiger charge is 2.13. The molecule has 0 spiro atoms. The standard InChI is InChI=1S/C26H24N4O/c1-2-3-7-18-12-14-19(15-13-18)22-10-6-11-24(28-22)26-29-25(31-30-26)16-20-17-27-23-9-5-4-8-21(20)23/h4-6,8-15,17,27H,2-3,7,16H2,1H3. The molecule has 2 aromatic carbocycles. The maximum atomic E-state index is 5.53. The molecule has 3 aromatic heterocycles. The molecule has 0 bridgehead atoms. The van der Waals surface area contributed by atoms with Crippen LogP contribution < -0.4 is 0 Å². The second-order valence-electron chi connectivity index (χ2n) is 7.76. The lowest BCUT2D eigenvalue weighted by atomic mass is 10.0. The maximum absolute atomic E-state index is 5.53. The van der Waals surface area contributed by atoms with E-state index in [4.69, 9.17) is 9.51 Å². The molecule has 0 atom stereocenters. The number of hydrogen-bond acceptors (Lipinski definition) is 4. The summed E-state index contributed by atoms with van der Waals surface area (Å²) < 4.78 is 5.53. The molecule has 0 aliphatic heterocycles. The Bertz CT molecular complexity index is 1300. The third-order valence-corrected chi connectivity index (χ3v) is 5.53. The molecule has 5 aromatic rings. The Kier molecular flexibility index (Phi) is 5.31. The quantitative estimate of drug-likeness (QED) is 0.347. The summed E-state index contributed by atoms with van der Waals surface area (Å²) in [6, 6.07) is 22.8. The minimum absolute atomic E-state index is 0.510. The van der Waals surface area contributed by atoms with Gasteiger partial charge in [-0.2, -0.15) is 4.98 Å². The number of nitrogens with one attached hydrogen (secondary N) is 1. The summed E-state index contributed by atoms with van der Waals surface area (Å²) in [5.74, 6) is 1.09. The second-order valence-corrected chi connectivity index (χ2v) is 7.76. The predicted molar refractivity (Wildman–Crippen MR) is 123 cm³/mol. The van der Waals surface area contributed by atoms with Gasteiger partial charge < -0.3 is 9.51 Å². The first-order valence-electron chi connectivity index (χ1n) is 10.7. The van der Waals surface area contributed by atoms with E-state index < -0.39 is 0 Å². The van der Waals surface area contributed by atoms with Crippen molar-refractivity contribution in [3.63, 3.8) is 0 Å². The van der Waals surface area contributed by atoms with Gasteiger partial charge in [0, 0.05) is 22.7 Å². The summed E-state index contributed by atoms with van der Waals surface area (Å²) in [6.07, 6.45) is 6.12. The summed E-state index contributed by atoms with van der Waals surface area (Å²) in [4.78, 5) is 12.7. The van der Waals surface area contributed by atoms with Crippen molar-refractivity contribution in [1.29, 1.82) is 0 Å². The van der Waals surface area contributed by atoms with E-state index in [-0.39, 0.29) is 0 Å². The Balaban J connectivity index is 1.36. The largest absolute Gasteiger partial charge is 0.361 e. The van der Waals surface area contributed by atoms with E-state index in [0.717, 1.165) is 28.8 Å². The summed E-state index contributed by atoms with van der Waals surface area (Å²) in [5, 5.41) is 5.34. The molecule has 0 saturated carbocycles. The van der Waals surface area contributed by atoms with Crippen molar-refractivity contribution in [2.75, 3.05) is 0 Å². The van der Waals surface area contributed by atoms with Gasteiger partial charge in [-0.1, -0.05) is 67.0 Å². The van der Waals surface area contributed by atoms with Crippen LogP contribution in [0.4, 0.5) is 0 Å². The number of pyridine rings is 1. The van der Waals surface area contributed by atoms with Crippen molar-refractivity contribution in [3.8, 4) is 22.8 Å². The average Bonchev–Trinajstić information content (AvgIpc) is 3.46. The number of aromatic amines is 1. The SMILES string of the molecule is CCCCc1ccc(-c2cccc(-c3noc(Cc4c[nH]c5ccccc45)n3)n2)cc1. The van der Waals surface area contributed by atoms with Crippen LogP contribution in [0.3, 0.4) is 0 Å². The van der Waals surface area contributed by atoms with Gasteiger partial charge in [0.1, 0.15) is 5.69 Å². The molecule has 5 heteroatoms. The molecule has 0 aliphatic carbocycles. The number of hydrogen-bond donors (Lipinski definition) is 1. The van der Waals surface area contributed by atoms with Crippen LogP contribution in [0.25, 0.3) is 33.7 Å². The summed E-state index contributed by atoms with van der Waals surface area (Å²) in [7, 11) is 0. The summed E-state index contributed by atoms with van der Waals surface area (Å²) in [6.45, 7) is 2.22. The zero-order valence-electron chi connectivity index (χ0n) is 17.5. The van der Waals surface area contributed by atoms with Crippen molar-refractivity contribution in [2.24, 2.45) is 0 Å². The number of rotatable bonds is 7. The molecule has 3 heterocycles. The van der Waals surface area contributed by atoms with Crippen LogP contribution in [0, 0.1) is 0 Å². The maximum Gasteiger partial charge on any atom is 0.231 e. The van der Waals surface area contributed by atoms with Crippen LogP contribution in [0.15, 0.2) is 77.4 Å². The molecule has 154 valence electrons. The van der Waals surface area contributed by atoms with Crippen LogP contribution in [0.2, 0.25) is 0 Å². The van der Waals surface area contributed by atoms with Gasteiger partial charge in [0.15, 0.2) is 0 Å². The van der Waals surface area contributed by atoms with Crippen LogP contribution >= 0.6 is 0 Å². The third-order valence-electron chi connectivity index (χ3n) is 5.53. The fourth-order valence-corrected chi connectivity index (χ4v) is 3.81. The average molecular weight is 409 g/mol. The highest BCUT2D eigenvalue weighted by molar-refractivity contribution is 5.83. The van der Waals surface area contributed by atoms with Crippen molar-refractivity contribution in [3.05, 3.63) is 89.9 Å². The molecule has 5 rings (SSSR count). The molecule has 31 heavy (non-hydrogen) atoms. The lowest BCUT2D eigenvalue weighted by Gasteiger charge is -2.04. The molecule has 5 nitrogen and oxygen atoms in total. The Labute approximate surface area is 181 Å². The number of aromatic nitrogens is 4. The lowest BCUT2D eigenvalue weighted by Crippen LogP contribution is -1.91. The minimum Gasteiger partial charge on any atom is -0.361 e. The highest BCUT2D eigenvalue weighted by Crippen LogP contribution is 2.24. The molecular weight excluding hydrogens is 384 g/mol. The lowest BCUT2D eigenvalue weighted by molar-refractivity contribution is 0.386. The second kappa shape index (κ2) is 8.56. The first-order chi connectivity index (χ1) is 15.3. The van der Waals surface area contributed by atoms with Crippen molar-refractivity contribution in [2.45, 2.75) is 32.6 Å². The van der Waals surface area contributed by atoms with Gasteiger partial charge in [-0.15, -0.1) is 0 Å². The molecule has 0 radical (unpaired) electrons. The van der Waals surface area contributed by atoms with Crippen molar-refractivity contribution < 1.29 is 4.52 Å². The number of aryl methyl sites for hydroxylation is 1. The summed E-state index contributed by atoms with van der Waals surface area (Å²) >= 11 is 0. The number of benzene rings is 2. The predicted octanol–water partition coefficient (Wildman–Crippen LogP) is 6.21. The summed E-state index contributed by atoms with van der Waals surface area (Å²) in [5.41, 5.74) is 6.30. The molecule has 1 N–H and O–H groups in total. The number of nitrogens with zero attached hydrogens (tertiary/aromatic N) is 3. The van der Waals surface area contributed by atoms with Gasteiger partial charge in [-0.25, -0.2) is 4.98 Å². The van der Waals surface area contributed by atoms with Crippen LogP contribution in [-0.2, 0) is 12.8 Å². The Hall–Kier alpha value is -3.73. The van der Waals surface area contributed by atoms with E-state index in [1.54, 1.807) is 0 Å².